The van der Waals surface area contributed by atoms with E-state index in [1.165, 1.54) is 96.3 Å². The molecule has 0 aromatic rings. The van der Waals surface area contributed by atoms with Gasteiger partial charge >= 0.3 is 49.7 Å². The Labute approximate surface area is 299 Å². The van der Waals surface area contributed by atoms with Gasteiger partial charge in [0.15, 0.2) is 0 Å². The molecule has 7 heteroatoms. The van der Waals surface area contributed by atoms with Crippen LogP contribution in [0.4, 0.5) is 0 Å². The van der Waals surface area contributed by atoms with Crippen molar-refractivity contribution in [2.45, 2.75) is 193 Å². The second kappa shape index (κ2) is 43.7. The molecule has 0 amide bonds. The van der Waals surface area contributed by atoms with Gasteiger partial charge in [-0.25, -0.2) is 0 Å². The van der Waals surface area contributed by atoms with Crippen LogP contribution in [0.15, 0.2) is 24.3 Å². The van der Waals surface area contributed by atoms with Gasteiger partial charge in [0.1, 0.15) is 0 Å². The van der Waals surface area contributed by atoms with Crippen molar-refractivity contribution in [3.63, 3.8) is 0 Å². The van der Waals surface area contributed by atoms with Crippen LogP contribution >= 0.6 is 0 Å². The number of aliphatic hydroxyl groups excluding tert-OH is 1. The summed E-state index contributed by atoms with van der Waals surface area (Å²) in [5, 5.41) is 26.8. The van der Waals surface area contributed by atoms with Crippen LogP contribution in [-0.2, 0) is 9.59 Å². The molecule has 0 aromatic heterocycles. The molecular weight excluding hydrogens is 566 g/mol. The summed E-state index contributed by atoms with van der Waals surface area (Å²) in [5.74, 6) is -1.35. The third kappa shape index (κ3) is 51.5. The van der Waals surface area contributed by atoms with E-state index in [9.17, 15) is 14.7 Å². The summed E-state index contributed by atoms with van der Waals surface area (Å²) in [6, 6.07) is 0. The largest absolute Gasteiger partial charge is 2.00 e. The Kier molecular flexibility index (Phi) is 50.3. The van der Waals surface area contributed by atoms with E-state index in [4.69, 9.17) is 10.2 Å². The smallest absolute Gasteiger partial charge is 1.00 e. The first-order valence-corrected chi connectivity index (χ1v) is 17.4. The van der Waals surface area contributed by atoms with Gasteiger partial charge < -0.3 is 24.3 Å². The molecule has 0 aromatic carbocycles. The fraction of sp³-hybridized carbons (Fsp3) is 0.833. The van der Waals surface area contributed by atoms with E-state index in [1.807, 2.05) is 0 Å². The van der Waals surface area contributed by atoms with Crippen LogP contribution in [0.25, 0.3) is 0 Å². The van der Waals surface area contributed by atoms with Crippen molar-refractivity contribution in [3.8, 4) is 0 Å². The van der Waals surface area contributed by atoms with Crippen LogP contribution in [-0.4, -0.2) is 71.1 Å². The summed E-state index contributed by atoms with van der Waals surface area (Å²) in [4.78, 5) is 20.7. The van der Waals surface area contributed by atoms with E-state index in [0.717, 1.165) is 64.2 Å². The number of carboxylic acid groups (broad SMARTS) is 2. The maximum absolute atomic E-state index is 10.3. The van der Waals surface area contributed by atoms with E-state index in [0.29, 0.717) is 12.8 Å². The molecule has 0 aliphatic heterocycles. The van der Waals surface area contributed by atoms with Crippen LogP contribution < -0.4 is 6.15 Å². The van der Waals surface area contributed by atoms with Crippen LogP contribution in [0.3, 0.4) is 0 Å². The summed E-state index contributed by atoms with van der Waals surface area (Å²) < 4.78 is 0. The fourth-order valence-corrected chi connectivity index (χ4v) is 4.71. The SMILES string of the molecule is CCCCCCCC/C=C\CCCCCCCC(=O)O.CCCCCC[C@@H](O)C/C=C\CCCCCCCC(=O)O.N.[Ca+2].[H-].[H-]. The fourth-order valence-electron chi connectivity index (χ4n) is 4.71. The molecule has 6 nitrogen and oxygen atoms in total. The molecule has 6 N–H and O–H groups in total. The number of aliphatic carboxylic acids is 2. The molecular formula is C36H73CaNO5. The second-order valence-electron chi connectivity index (χ2n) is 11.6. The minimum atomic E-state index is -0.689. The maximum atomic E-state index is 10.3. The predicted octanol–water partition coefficient (Wildman–Crippen LogP) is 11.2. The predicted molar refractivity (Wildman–Crippen MR) is 189 cm³/mol. The van der Waals surface area contributed by atoms with Crippen LogP contribution in [0, 0.1) is 0 Å². The maximum Gasteiger partial charge on any atom is 2.00 e. The first-order chi connectivity index (χ1) is 19.9. The summed E-state index contributed by atoms with van der Waals surface area (Å²) in [6.07, 6.45) is 38.6. The number of allylic oxidation sites excluding steroid dienone is 3. The average molecular weight is 640 g/mol. The van der Waals surface area contributed by atoms with E-state index in [-0.39, 0.29) is 52.8 Å². The van der Waals surface area contributed by atoms with Gasteiger partial charge in [-0.15, -0.1) is 0 Å². The number of hydrogen-bond acceptors (Lipinski definition) is 4. The van der Waals surface area contributed by atoms with Gasteiger partial charge in [0.25, 0.3) is 0 Å². The average Bonchev–Trinajstić information content (AvgIpc) is 2.94. The summed E-state index contributed by atoms with van der Waals surface area (Å²) in [5.41, 5.74) is 0. The van der Waals surface area contributed by atoms with Crippen molar-refractivity contribution >= 4 is 49.7 Å². The molecule has 0 bridgehead atoms. The summed E-state index contributed by atoms with van der Waals surface area (Å²) in [7, 11) is 0. The van der Waals surface area contributed by atoms with Crippen molar-refractivity contribution in [1.29, 1.82) is 0 Å². The Morgan fingerprint density at radius 3 is 1.26 bits per heavy atom. The monoisotopic (exact) mass is 640 g/mol. The second-order valence-corrected chi connectivity index (χ2v) is 11.6. The Hall–Kier alpha value is -0.400. The quantitative estimate of drug-likeness (QED) is 0.0351. The van der Waals surface area contributed by atoms with Gasteiger partial charge in [0, 0.05) is 12.8 Å². The molecule has 0 heterocycles. The van der Waals surface area contributed by atoms with Gasteiger partial charge in [0.05, 0.1) is 6.10 Å². The first kappa shape index (κ1) is 49.5. The minimum absolute atomic E-state index is 0. The van der Waals surface area contributed by atoms with Crippen molar-refractivity contribution < 1.29 is 27.8 Å². The Morgan fingerprint density at radius 1 is 0.535 bits per heavy atom. The summed E-state index contributed by atoms with van der Waals surface area (Å²) in [6.45, 7) is 4.46. The zero-order valence-electron chi connectivity index (χ0n) is 30.6. The Bertz CT molecular complexity index is 624. The topological polar surface area (TPSA) is 130 Å². The third-order valence-corrected chi connectivity index (χ3v) is 7.38. The number of rotatable bonds is 30. The van der Waals surface area contributed by atoms with E-state index in [2.05, 4.69) is 38.2 Å². The van der Waals surface area contributed by atoms with Crippen molar-refractivity contribution in [2.24, 2.45) is 0 Å². The van der Waals surface area contributed by atoms with Crippen molar-refractivity contribution in [2.75, 3.05) is 0 Å². The number of carboxylic acids is 2. The summed E-state index contributed by atoms with van der Waals surface area (Å²) >= 11 is 0. The van der Waals surface area contributed by atoms with Gasteiger partial charge in [-0.05, 0) is 64.2 Å². The van der Waals surface area contributed by atoms with Crippen molar-refractivity contribution in [3.05, 3.63) is 24.3 Å². The number of carbonyl (C=O) groups is 2. The van der Waals surface area contributed by atoms with Gasteiger partial charge in [-0.1, -0.05) is 134 Å². The van der Waals surface area contributed by atoms with Crippen molar-refractivity contribution in [1.82, 2.24) is 6.15 Å². The Morgan fingerprint density at radius 2 is 0.860 bits per heavy atom. The van der Waals surface area contributed by atoms with E-state index >= 15 is 0 Å². The molecule has 0 saturated carbocycles. The number of hydrogen-bond donors (Lipinski definition) is 4. The van der Waals surface area contributed by atoms with Crippen LogP contribution in [0.1, 0.15) is 190 Å². The molecule has 0 spiro atoms. The zero-order valence-corrected chi connectivity index (χ0v) is 30.8. The van der Waals surface area contributed by atoms with Gasteiger partial charge in [-0.3, -0.25) is 9.59 Å². The van der Waals surface area contributed by atoms with Gasteiger partial charge in [0.2, 0.25) is 0 Å². The standard InChI is InChI=1S/C18H34O3.C18H34O2.Ca.H3N.2H/c1-2-3-4-11-14-17(19)15-12-9-7-5-6-8-10-13-16-18(20)21;1-2-3-4-5-6-7-8-9-10-11-12-13-14-15-16-17-18(19)20;;;;/h9,12,17,19H,2-8,10-11,13-16H2,1H3,(H,20,21);9-10H,2-8,11-17H2,1H3,(H,19,20);;1H3;;/q;;+2;;2*-1/b12-9-;10-9-;;;;/t17-;;;;;/m1...../s1. The zero-order chi connectivity index (χ0) is 30.7. The van der Waals surface area contributed by atoms with Gasteiger partial charge in [-0.2, -0.15) is 0 Å². The minimum Gasteiger partial charge on any atom is -1.00 e. The molecule has 1 atom stereocenters. The van der Waals surface area contributed by atoms with Crippen LogP contribution in [0.5, 0.6) is 0 Å². The first-order valence-electron chi connectivity index (χ1n) is 17.4. The van der Waals surface area contributed by atoms with Crippen LogP contribution in [0.2, 0.25) is 0 Å². The van der Waals surface area contributed by atoms with E-state index in [1.54, 1.807) is 0 Å². The molecule has 254 valence electrons. The molecule has 0 unspecified atom stereocenters. The normalized spacial score (nSPS) is 11.5. The van der Waals surface area contributed by atoms with E-state index < -0.39 is 11.9 Å². The molecule has 0 fully saturated rings. The molecule has 43 heavy (non-hydrogen) atoms. The molecule has 0 radical (unpaired) electrons. The Balaban J connectivity index is -0.000000155. The number of aliphatic hydroxyl groups is 1. The molecule has 0 rings (SSSR count). The number of unbranched alkanes of at least 4 members (excludes halogenated alkanes) is 19. The third-order valence-electron chi connectivity index (χ3n) is 7.38. The molecule has 0 aliphatic rings. The molecule has 0 aliphatic carbocycles. The molecule has 0 saturated heterocycles.